The van der Waals surface area contributed by atoms with E-state index in [4.69, 9.17) is 13.3 Å². The van der Waals surface area contributed by atoms with Crippen LogP contribution in [0, 0.1) is 5.92 Å². The van der Waals surface area contributed by atoms with Crippen molar-refractivity contribution in [3.8, 4) is 0 Å². The Hall–Kier alpha value is -0.233. The zero-order valence-corrected chi connectivity index (χ0v) is 17.3. The molecule has 0 aromatic heterocycles. The molecule has 0 amide bonds. The van der Waals surface area contributed by atoms with Gasteiger partial charge in [-0.15, -0.1) is 0 Å². The standard InChI is InChI=1S/C18H39NO3Si/c1-7-12-20-23(21-13-8-2,22-14-9-3)15-10-11-19-18(6)16-17(4)5/h17H,7-16H2,1-6H3. The fourth-order valence-electron chi connectivity index (χ4n) is 2.34. The molecule has 0 aliphatic rings. The molecule has 4 nitrogen and oxygen atoms in total. The molecule has 0 bridgehead atoms. The highest BCUT2D eigenvalue weighted by molar-refractivity contribution is 6.60. The first-order valence-electron chi connectivity index (χ1n) is 9.41. The molecule has 0 unspecified atom stereocenters. The molecule has 0 saturated heterocycles. The van der Waals surface area contributed by atoms with Crippen LogP contribution >= 0.6 is 0 Å². The first kappa shape index (κ1) is 22.8. The van der Waals surface area contributed by atoms with Crippen LogP contribution in [0.2, 0.25) is 6.04 Å². The smallest absolute Gasteiger partial charge is 0.373 e. The minimum atomic E-state index is -2.53. The molecular weight excluding hydrogens is 306 g/mol. The van der Waals surface area contributed by atoms with E-state index in [0.29, 0.717) is 5.92 Å². The van der Waals surface area contributed by atoms with Gasteiger partial charge in [-0.2, -0.15) is 0 Å². The van der Waals surface area contributed by atoms with Gasteiger partial charge in [-0.3, -0.25) is 4.99 Å². The normalized spacial score (nSPS) is 13.1. The van der Waals surface area contributed by atoms with Crippen LogP contribution in [0.4, 0.5) is 0 Å². The number of aliphatic imine (C=N–C) groups is 1. The van der Waals surface area contributed by atoms with Crippen LogP contribution in [-0.4, -0.2) is 40.9 Å². The van der Waals surface area contributed by atoms with Gasteiger partial charge in [0.25, 0.3) is 0 Å². The summed E-state index contributed by atoms with van der Waals surface area (Å²) in [5.74, 6) is 0.667. The molecule has 0 saturated carbocycles. The van der Waals surface area contributed by atoms with Crippen LogP contribution < -0.4 is 0 Å². The van der Waals surface area contributed by atoms with Gasteiger partial charge in [-0.25, -0.2) is 0 Å². The SMILES string of the molecule is CCCO[Si](CCCN=C(C)CC(C)C)(OCCC)OCCC. The third-order valence-corrected chi connectivity index (χ3v) is 6.20. The van der Waals surface area contributed by atoms with Gasteiger partial charge in [-0.05, 0) is 44.9 Å². The van der Waals surface area contributed by atoms with Gasteiger partial charge in [0.2, 0.25) is 0 Å². The van der Waals surface area contributed by atoms with E-state index in [9.17, 15) is 0 Å². The van der Waals surface area contributed by atoms with E-state index in [1.165, 1.54) is 5.71 Å². The molecule has 5 heteroatoms. The Bertz CT molecular complexity index is 287. The third kappa shape index (κ3) is 11.9. The molecule has 23 heavy (non-hydrogen) atoms. The Kier molecular flexibility index (Phi) is 14.0. The second-order valence-corrected chi connectivity index (χ2v) is 9.28. The molecule has 0 fully saturated rings. The van der Waals surface area contributed by atoms with Crippen LogP contribution in [0.1, 0.15) is 73.6 Å². The molecule has 0 atom stereocenters. The lowest BCUT2D eigenvalue weighted by atomic mass is 10.1. The highest BCUT2D eigenvalue weighted by Crippen LogP contribution is 2.19. The fourth-order valence-corrected chi connectivity index (χ4v) is 5.15. The Morgan fingerprint density at radius 1 is 0.913 bits per heavy atom. The van der Waals surface area contributed by atoms with E-state index in [2.05, 4.69) is 46.5 Å². The predicted molar refractivity (Wildman–Crippen MR) is 101 cm³/mol. The predicted octanol–water partition coefficient (Wildman–Crippen LogP) is 5.10. The lowest BCUT2D eigenvalue weighted by molar-refractivity contribution is 0.0589. The van der Waals surface area contributed by atoms with Crippen molar-refractivity contribution in [1.29, 1.82) is 0 Å². The summed E-state index contributed by atoms with van der Waals surface area (Å²) in [5.41, 5.74) is 1.24. The molecule has 0 N–H and O–H groups in total. The minimum Gasteiger partial charge on any atom is -0.373 e. The summed E-state index contributed by atoms with van der Waals surface area (Å²) in [4.78, 5) is 4.68. The lowest BCUT2D eigenvalue weighted by Gasteiger charge is -2.29. The first-order chi connectivity index (χ1) is 11.0. The van der Waals surface area contributed by atoms with Crippen LogP contribution in [0.25, 0.3) is 0 Å². The van der Waals surface area contributed by atoms with E-state index >= 15 is 0 Å². The average molecular weight is 346 g/mol. The minimum absolute atomic E-state index is 0.667. The van der Waals surface area contributed by atoms with Crippen molar-refractivity contribution in [1.82, 2.24) is 0 Å². The number of nitrogens with zero attached hydrogens (tertiary/aromatic N) is 1. The Balaban J connectivity index is 4.56. The molecule has 0 spiro atoms. The Morgan fingerprint density at radius 3 is 1.78 bits per heavy atom. The number of rotatable bonds is 15. The van der Waals surface area contributed by atoms with Gasteiger partial charge in [0.05, 0.1) is 0 Å². The molecule has 0 heterocycles. The van der Waals surface area contributed by atoms with Crippen LogP contribution in [0.3, 0.4) is 0 Å². The van der Waals surface area contributed by atoms with Gasteiger partial charge in [0.15, 0.2) is 0 Å². The van der Waals surface area contributed by atoms with Gasteiger partial charge >= 0.3 is 8.80 Å². The molecule has 0 radical (unpaired) electrons. The zero-order valence-electron chi connectivity index (χ0n) is 16.3. The maximum atomic E-state index is 6.10. The lowest BCUT2D eigenvalue weighted by Crippen LogP contribution is -2.46. The van der Waals surface area contributed by atoms with Crippen LogP contribution in [0.15, 0.2) is 4.99 Å². The van der Waals surface area contributed by atoms with Gasteiger partial charge in [0, 0.05) is 38.1 Å². The summed E-state index contributed by atoms with van der Waals surface area (Å²) < 4.78 is 18.3. The van der Waals surface area contributed by atoms with E-state index < -0.39 is 8.80 Å². The van der Waals surface area contributed by atoms with E-state index in [1.807, 2.05) is 0 Å². The quantitative estimate of drug-likeness (QED) is 0.235. The highest BCUT2D eigenvalue weighted by atomic mass is 28.4. The summed E-state index contributed by atoms with van der Waals surface area (Å²) >= 11 is 0. The van der Waals surface area contributed by atoms with Crippen molar-refractivity contribution in [2.24, 2.45) is 10.9 Å². The van der Waals surface area contributed by atoms with Crippen molar-refractivity contribution in [2.45, 2.75) is 79.7 Å². The van der Waals surface area contributed by atoms with Crippen molar-refractivity contribution < 1.29 is 13.3 Å². The van der Waals surface area contributed by atoms with Crippen molar-refractivity contribution >= 4 is 14.5 Å². The van der Waals surface area contributed by atoms with Gasteiger partial charge in [0.1, 0.15) is 0 Å². The van der Waals surface area contributed by atoms with E-state index in [-0.39, 0.29) is 0 Å². The molecule has 138 valence electrons. The van der Waals surface area contributed by atoms with E-state index in [1.54, 1.807) is 0 Å². The summed E-state index contributed by atoms with van der Waals surface area (Å²) in [5, 5.41) is 0. The second-order valence-electron chi connectivity index (χ2n) is 6.55. The number of hydrogen-bond donors (Lipinski definition) is 0. The Labute approximate surface area is 145 Å². The largest absolute Gasteiger partial charge is 0.501 e. The zero-order chi connectivity index (χ0) is 17.6. The molecular formula is C18H39NO3Si. The van der Waals surface area contributed by atoms with Crippen molar-refractivity contribution in [3.05, 3.63) is 0 Å². The molecule has 0 rings (SSSR count). The van der Waals surface area contributed by atoms with Gasteiger partial charge in [-0.1, -0.05) is 34.6 Å². The van der Waals surface area contributed by atoms with Gasteiger partial charge < -0.3 is 13.3 Å². The fraction of sp³-hybridized carbons (Fsp3) is 0.944. The molecule has 0 aliphatic carbocycles. The maximum absolute atomic E-state index is 6.10. The second kappa shape index (κ2) is 14.1. The summed E-state index contributed by atoms with van der Waals surface area (Å²) in [7, 11) is -2.53. The van der Waals surface area contributed by atoms with Crippen molar-refractivity contribution in [3.63, 3.8) is 0 Å². The highest BCUT2D eigenvalue weighted by Gasteiger charge is 2.40. The first-order valence-corrected chi connectivity index (χ1v) is 11.3. The molecule has 0 aliphatic heterocycles. The summed E-state index contributed by atoms with van der Waals surface area (Å²) in [6, 6.07) is 0.867. The average Bonchev–Trinajstić information content (AvgIpc) is 2.51. The van der Waals surface area contributed by atoms with Crippen LogP contribution in [0.5, 0.6) is 0 Å². The molecule has 0 aromatic rings. The maximum Gasteiger partial charge on any atom is 0.501 e. The van der Waals surface area contributed by atoms with Crippen LogP contribution in [-0.2, 0) is 13.3 Å². The summed E-state index contributed by atoms with van der Waals surface area (Å²) in [6.45, 7) is 15.9. The van der Waals surface area contributed by atoms with E-state index in [0.717, 1.165) is 64.5 Å². The number of hydrogen-bond acceptors (Lipinski definition) is 4. The summed E-state index contributed by atoms with van der Waals surface area (Å²) in [6.07, 6.45) is 5.02. The topological polar surface area (TPSA) is 40.0 Å². The third-order valence-electron chi connectivity index (χ3n) is 3.30. The molecule has 0 aromatic carbocycles. The van der Waals surface area contributed by atoms with Crippen molar-refractivity contribution in [2.75, 3.05) is 26.4 Å². The Morgan fingerprint density at radius 2 is 1.39 bits per heavy atom. The monoisotopic (exact) mass is 345 g/mol.